The van der Waals surface area contributed by atoms with Crippen LogP contribution in [-0.4, -0.2) is 34.5 Å². The third-order valence-electron chi connectivity index (χ3n) is 8.83. The van der Waals surface area contributed by atoms with Gasteiger partial charge in [0.1, 0.15) is 27.1 Å². The van der Waals surface area contributed by atoms with Crippen LogP contribution in [0.15, 0.2) is 47.3 Å². The minimum Gasteiger partial charge on any atom is -0.363 e. The number of halogens is 2. The second-order valence-corrected chi connectivity index (χ2v) is 14.8. The van der Waals surface area contributed by atoms with Gasteiger partial charge in [0.15, 0.2) is 0 Å². The van der Waals surface area contributed by atoms with E-state index in [-0.39, 0.29) is 41.0 Å². The number of fused-ring (bicyclic) bond motifs is 2. The average molecular weight is 599 g/mol. The lowest BCUT2D eigenvalue weighted by Crippen LogP contribution is -2.33. The molecule has 6 bridgehead atoms. The fourth-order valence-corrected chi connectivity index (χ4v) is 7.52. The number of alkyl halides is 2. The molecular weight excluding hydrogens is 558 g/mol. The highest BCUT2D eigenvalue weighted by molar-refractivity contribution is 7.91. The molecule has 0 unspecified atom stereocenters. The van der Waals surface area contributed by atoms with E-state index >= 15 is 8.78 Å². The molecule has 0 saturated carbocycles. The van der Waals surface area contributed by atoms with Crippen molar-refractivity contribution in [2.75, 3.05) is 16.8 Å². The number of pyridine rings is 1. The molecule has 1 atom stereocenters. The van der Waals surface area contributed by atoms with Gasteiger partial charge in [0.05, 0.1) is 16.9 Å². The Labute approximate surface area is 246 Å². The van der Waals surface area contributed by atoms with Crippen molar-refractivity contribution in [2.24, 2.45) is 5.41 Å². The van der Waals surface area contributed by atoms with Gasteiger partial charge >= 0.3 is 0 Å². The summed E-state index contributed by atoms with van der Waals surface area (Å²) in [6.07, 6.45) is 7.02. The molecule has 2 aromatic heterocycles. The lowest BCUT2D eigenvalue weighted by atomic mass is 9.78. The van der Waals surface area contributed by atoms with Crippen LogP contribution >= 0.6 is 0 Å². The van der Waals surface area contributed by atoms with Gasteiger partial charge in [-0.05, 0) is 76.0 Å². The van der Waals surface area contributed by atoms with Crippen molar-refractivity contribution in [2.45, 2.75) is 90.6 Å². The van der Waals surface area contributed by atoms with Crippen LogP contribution < -0.4 is 10.9 Å². The number of anilines is 1. The highest BCUT2D eigenvalue weighted by Gasteiger charge is 2.47. The van der Waals surface area contributed by atoms with E-state index < -0.39 is 21.2 Å². The minimum absolute atomic E-state index is 0.0275. The number of benzene rings is 1. The van der Waals surface area contributed by atoms with Gasteiger partial charge in [-0.25, -0.2) is 27.2 Å². The predicted molar refractivity (Wildman–Crippen MR) is 163 cm³/mol. The zero-order valence-corrected chi connectivity index (χ0v) is 25.6. The summed E-state index contributed by atoms with van der Waals surface area (Å²) in [4.78, 5) is 23.3. The molecule has 1 fully saturated rings. The summed E-state index contributed by atoms with van der Waals surface area (Å²) < 4.78 is 57.6. The molecule has 226 valence electrons. The van der Waals surface area contributed by atoms with Crippen molar-refractivity contribution in [3.63, 3.8) is 0 Å². The SMILES string of the molecule is Cc1nc2c3cc(C4CCS(=O)(=O)CC4)c(=O)n(c3n1)CCCC/C=C\CC(C)(C)C(F)(F)c1cccc(c1)[C@@H](C)N2. The summed E-state index contributed by atoms with van der Waals surface area (Å²) in [6, 6.07) is 7.98. The number of hydrogen-bond donors (Lipinski definition) is 1. The third kappa shape index (κ3) is 6.00. The number of sulfone groups is 1. The first kappa shape index (κ1) is 30.3. The number of allylic oxidation sites excluding steroid dienone is 2. The maximum absolute atomic E-state index is 15.8. The summed E-state index contributed by atoms with van der Waals surface area (Å²) in [5.74, 6) is -2.09. The Morgan fingerprint density at radius 2 is 1.79 bits per heavy atom. The van der Waals surface area contributed by atoms with Gasteiger partial charge in [-0.1, -0.05) is 44.2 Å². The summed E-state index contributed by atoms with van der Waals surface area (Å²) in [5.41, 5.74) is 0.354. The van der Waals surface area contributed by atoms with E-state index in [9.17, 15) is 13.2 Å². The molecule has 1 saturated heterocycles. The van der Waals surface area contributed by atoms with Crippen molar-refractivity contribution < 1.29 is 17.2 Å². The first-order chi connectivity index (χ1) is 19.8. The van der Waals surface area contributed by atoms with Crippen LogP contribution in [0, 0.1) is 12.3 Å². The van der Waals surface area contributed by atoms with E-state index in [2.05, 4.69) is 15.3 Å². The van der Waals surface area contributed by atoms with E-state index in [1.165, 1.54) is 6.07 Å². The Hall–Kier alpha value is -3.14. The quantitative estimate of drug-likeness (QED) is 0.309. The molecule has 10 heteroatoms. The van der Waals surface area contributed by atoms with Crippen molar-refractivity contribution >= 4 is 26.7 Å². The second kappa shape index (κ2) is 11.5. The van der Waals surface area contributed by atoms with Gasteiger partial charge in [-0.15, -0.1) is 0 Å². The van der Waals surface area contributed by atoms with E-state index in [0.717, 1.165) is 6.42 Å². The molecule has 0 spiro atoms. The molecule has 2 aliphatic heterocycles. The van der Waals surface area contributed by atoms with E-state index in [0.29, 0.717) is 66.0 Å². The Morgan fingerprint density at radius 1 is 1.05 bits per heavy atom. The van der Waals surface area contributed by atoms with Gasteiger partial charge in [0.2, 0.25) is 0 Å². The van der Waals surface area contributed by atoms with Crippen molar-refractivity contribution in [3.05, 3.63) is 75.4 Å². The van der Waals surface area contributed by atoms with Crippen molar-refractivity contribution in [1.29, 1.82) is 0 Å². The molecule has 1 N–H and O–H groups in total. The topological polar surface area (TPSA) is 94.0 Å². The van der Waals surface area contributed by atoms with Crippen molar-refractivity contribution in [1.82, 2.24) is 14.5 Å². The van der Waals surface area contributed by atoms with E-state index in [1.54, 1.807) is 37.5 Å². The highest BCUT2D eigenvalue weighted by Crippen LogP contribution is 2.47. The molecule has 4 heterocycles. The number of rotatable bonds is 1. The average Bonchev–Trinajstić information content (AvgIpc) is 2.93. The first-order valence-corrected chi connectivity index (χ1v) is 16.6. The van der Waals surface area contributed by atoms with Crippen molar-refractivity contribution in [3.8, 4) is 0 Å². The lowest BCUT2D eigenvalue weighted by molar-refractivity contribution is -0.112. The fraction of sp³-hybridized carbons (Fsp3) is 0.531. The predicted octanol–water partition coefficient (Wildman–Crippen LogP) is 6.81. The lowest BCUT2D eigenvalue weighted by Gasteiger charge is -2.34. The molecular formula is C32H40F2N4O3S. The Kier molecular flexibility index (Phi) is 8.31. The summed E-state index contributed by atoms with van der Waals surface area (Å²) >= 11 is 0. The number of aromatic nitrogens is 3. The summed E-state index contributed by atoms with van der Waals surface area (Å²) in [7, 11) is -3.09. The maximum atomic E-state index is 15.8. The minimum atomic E-state index is -3.09. The van der Waals surface area contributed by atoms with Crippen LogP contribution in [0.2, 0.25) is 0 Å². The monoisotopic (exact) mass is 598 g/mol. The largest absolute Gasteiger partial charge is 0.363 e. The maximum Gasteiger partial charge on any atom is 0.278 e. The third-order valence-corrected chi connectivity index (χ3v) is 10.5. The normalized spacial score (nSPS) is 23.5. The summed E-state index contributed by atoms with van der Waals surface area (Å²) in [5, 5.41) is 4.09. The molecule has 5 rings (SSSR count). The zero-order chi connectivity index (χ0) is 30.3. The Morgan fingerprint density at radius 3 is 2.52 bits per heavy atom. The molecule has 0 aliphatic carbocycles. The molecule has 42 heavy (non-hydrogen) atoms. The molecule has 3 aromatic rings. The van der Waals surface area contributed by atoms with Crippen LogP contribution in [0.25, 0.3) is 11.0 Å². The molecule has 0 radical (unpaired) electrons. The number of nitrogens with zero attached hydrogens (tertiary/aromatic N) is 3. The Bertz CT molecular complexity index is 1670. The van der Waals surface area contributed by atoms with Gasteiger partial charge < -0.3 is 5.32 Å². The van der Waals surface area contributed by atoms with Gasteiger partial charge in [-0.3, -0.25) is 9.36 Å². The van der Waals surface area contributed by atoms with Crippen LogP contribution in [0.4, 0.5) is 14.6 Å². The molecule has 7 nitrogen and oxygen atoms in total. The number of nitrogens with one attached hydrogen (secondary N) is 1. The number of hydrogen-bond acceptors (Lipinski definition) is 6. The van der Waals surface area contributed by atoms with Crippen LogP contribution in [0.3, 0.4) is 0 Å². The van der Waals surface area contributed by atoms with Crippen LogP contribution in [0.1, 0.15) is 93.8 Å². The summed E-state index contributed by atoms with van der Waals surface area (Å²) in [6.45, 7) is 7.31. The van der Waals surface area contributed by atoms with Gasteiger partial charge in [0, 0.05) is 29.1 Å². The molecule has 0 amide bonds. The Balaban J connectivity index is 1.65. The first-order valence-electron chi connectivity index (χ1n) is 14.8. The standard InChI is InChI=1S/C32H40F2N4O3S/c1-21-24-11-10-12-25(19-24)32(33,34)31(3,4)15-8-6-5-7-9-16-38-29-27(28(35-21)36-22(2)37-29)20-26(30(38)39)23-13-17-42(40,41)18-14-23/h6,8,10-12,19-21,23H,5,7,9,13-18H2,1-4H3,(H,35,36,37)/b8-6-/t21-/m1/s1. The van der Waals surface area contributed by atoms with Gasteiger partial charge in [0.25, 0.3) is 11.5 Å². The zero-order valence-electron chi connectivity index (χ0n) is 24.8. The van der Waals surface area contributed by atoms with E-state index in [4.69, 9.17) is 0 Å². The van der Waals surface area contributed by atoms with Crippen LogP contribution in [0.5, 0.6) is 0 Å². The van der Waals surface area contributed by atoms with Crippen LogP contribution in [-0.2, 0) is 22.3 Å². The fourth-order valence-electron chi connectivity index (χ4n) is 6.02. The van der Waals surface area contributed by atoms with E-state index in [1.807, 2.05) is 31.2 Å². The molecule has 2 aliphatic rings. The smallest absolute Gasteiger partial charge is 0.278 e. The number of aryl methyl sites for hydroxylation is 2. The molecule has 1 aromatic carbocycles. The second-order valence-electron chi connectivity index (χ2n) is 12.5. The van der Waals surface area contributed by atoms with Gasteiger partial charge in [-0.2, -0.15) is 0 Å². The highest BCUT2D eigenvalue weighted by atomic mass is 32.2.